The molecule has 0 fully saturated rings. The molecule has 0 unspecified atom stereocenters. The molecule has 28 heavy (non-hydrogen) atoms. The number of amides is 2. The predicted molar refractivity (Wildman–Crippen MR) is 111 cm³/mol. The van der Waals surface area contributed by atoms with Crippen LogP contribution < -0.4 is 25.0 Å². The van der Waals surface area contributed by atoms with Gasteiger partial charge in [0.2, 0.25) is 0 Å². The quantitative estimate of drug-likeness (QED) is 0.790. The molecule has 150 valence electrons. The Balaban J connectivity index is 1.69. The lowest BCUT2D eigenvalue weighted by Gasteiger charge is -2.28. The lowest BCUT2D eigenvalue weighted by molar-refractivity contribution is 0.226. The molecule has 0 aliphatic carbocycles. The fourth-order valence-corrected chi connectivity index (χ4v) is 3.44. The summed E-state index contributed by atoms with van der Waals surface area (Å²) in [6.07, 6.45) is 2.38. The molecule has 0 saturated heterocycles. The fourth-order valence-electron chi connectivity index (χ4n) is 3.44. The monoisotopic (exact) mass is 384 g/mol. The minimum atomic E-state index is -0.268. The summed E-state index contributed by atoms with van der Waals surface area (Å²) in [6, 6.07) is 7.34. The van der Waals surface area contributed by atoms with Gasteiger partial charge in [-0.2, -0.15) is 0 Å². The molecule has 2 heterocycles. The number of carbonyl (C=O) groups is 1. The van der Waals surface area contributed by atoms with E-state index in [1.54, 1.807) is 13.3 Å². The lowest BCUT2D eigenvalue weighted by atomic mass is 9.98. The summed E-state index contributed by atoms with van der Waals surface area (Å²) in [4.78, 5) is 19.1. The van der Waals surface area contributed by atoms with E-state index >= 15 is 0 Å². The molecule has 2 aromatic rings. The van der Waals surface area contributed by atoms with Crippen LogP contribution >= 0.6 is 0 Å². The Labute approximate surface area is 166 Å². The van der Waals surface area contributed by atoms with Crippen molar-refractivity contribution in [3.63, 3.8) is 0 Å². The molecule has 2 amide bonds. The first-order chi connectivity index (χ1) is 13.5. The van der Waals surface area contributed by atoms with Gasteiger partial charge in [0.05, 0.1) is 31.6 Å². The van der Waals surface area contributed by atoms with E-state index in [1.165, 1.54) is 0 Å². The summed E-state index contributed by atoms with van der Waals surface area (Å²) in [5, 5.41) is 5.90. The van der Waals surface area contributed by atoms with Gasteiger partial charge < -0.3 is 25.0 Å². The number of rotatable bonds is 6. The number of aromatic nitrogens is 1. The smallest absolute Gasteiger partial charge is 0.319 e. The maximum Gasteiger partial charge on any atom is 0.319 e. The van der Waals surface area contributed by atoms with E-state index in [2.05, 4.69) is 34.4 Å². The van der Waals surface area contributed by atoms with Crippen molar-refractivity contribution < 1.29 is 14.3 Å². The Morgan fingerprint density at radius 2 is 2.11 bits per heavy atom. The molecule has 2 N–H and O–H groups in total. The van der Waals surface area contributed by atoms with E-state index in [4.69, 9.17) is 9.47 Å². The van der Waals surface area contributed by atoms with Gasteiger partial charge in [-0.25, -0.2) is 9.78 Å². The topological polar surface area (TPSA) is 75.7 Å². The van der Waals surface area contributed by atoms with Crippen molar-refractivity contribution in [2.45, 2.75) is 33.2 Å². The van der Waals surface area contributed by atoms with Gasteiger partial charge in [-0.3, -0.25) is 0 Å². The number of methoxy groups -OCH3 is 1. The van der Waals surface area contributed by atoms with Gasteiger partial charge in [-0.05, 0) is 44.5 Å². The highest BCUT2D eigenvalue weighted by atomic mass is 16.5. The van der Waals surface area contributed by atoms with Crippen LogP contribution in [-0.4, -0.2) is 37.8 Å². The number of anilines is 2. The third-order valence-corrected chi connectivity index (χ3v) is 4.87. The number of urea groups is 1. The van der Waals surface area contributed by atoms with Crippen molar-refractivity contribution in [3.05, 3.63) is 41.6 Å². The summed E-state index contributed by atoms with van der Waals surface area (Å²) in [7, 11) is 1.62. The molecule has 1 aromatic carbocycles. The number of benzene rings is 1. The van der Waals surface area contributed by atoms with Gasteiger partial charge in [0.1, 0.15) is 5.82 Å². The van der Waals surface area contributed by atoms with Crippen molar-refractivity contribution >= 4 is 17.5 Å². The highest BCUT2D eigenvalue weighted by Gasteiger charge is 2.26. The van der Waals surface area contributed by atoms with Crippen molar-refractivity contribution in [2.75, 3.05) is 37.0 Å². The van der Waals surface area contributed by atoms with Gasteiger partial charge in [0, 0.05) is 25.1 Å². The van der Waals surface area contributed by atoms with E-state index < -0.39 is 0 Å². The van der Waals surface area contributed by atoms with E-state index in [-0.39, 0.29) is 12.1 Å². The average molecular weight is 384 g/mol. The molecule has 0 radical (unpaired) electrons. The van der Waals surface area contributed by atoms with E-state index in [0.717, 1.165) is 30.0 Å². The highest BCUT2D eigenvalue weighted by molar-refractivity contribution is 5.89. The van der Waals surface area contributed by atoms with Gasteiger partial charge in [-0.15, -0.1) is 0 Å². The molecular weight excluding hydrogens is 356 g/mol. The molecule has 1 atom stereocenters. The first-order valence-electron chi connectivity index (χ1n) is 9.65. The van der Waals surface area contributed by atoms with Gasteiger partial charge in [-0.1, -0.05) is 6.07 Å². The Hall–Kier alpha value is -2.96. The van der Waals surface area contributed by atoms with Gasteiger partial charge in [0.25, 0.3) is 0 Å². The van der Waals surface area contributed by atoms with Crippen LogP contribution in [0, 0.1) is 6.92 Å². The maximum atomic E-state index is 12.5. The van der Waals surface area contributed by atoms with Crippen LogP contribution in [0.3, 0.4) is 0 Å². The summed E-state index contributed by atoms with van der Waals surface area (Å²) in [5.41, 5.74) is 2.65. The van der Waals surface area contributed by atoms with Crippen molar-refractivity contribution in [2.24, 2.45) is 0 Å². The number of carbonyl (C=O) groups excluding carboxylic acids is 1. The number of pyridine rings is 1. The van der Waals surface area contributed by atoms with Gasteiger partial charge in [0.15, 0.2) is 11.5 Å². The number of nitrogens with one attached hydrogen (secondary N) is 2. The molecule has 0 saturated carbocycles. The van der Waals surface area contributed by atoms with Crippen LogP contribution in [0.5, 0.6) is 11.5 Å². The van der Waals surface area contributed by atoms with Crippen molar-refractivity contribution in [1.82, 2.24) is 10.3 Å². The Morgan fingerprint density at radius 3 is 2.75 bits per heavy atom. The summed E-state index contributed by atoms with van der Waals surface area (Å²) >= 11 is 0. The zero-order valence-electron chi connectivity index (χ0n) is 16.9. The second kappa shape index (κ2) is 8.82. The third kappa shape index (κ3) is 4.30. The molecule has 1 aliphatic heterocycles. The van der Waals surface area contributed by atoms with Gasteiger partial charge >= 0.3 is 6.03 Å². The number of hydrogen-bond acceptors (Lipinski definition) is 5. The first-order valence-corrected chi connectivity index (χ1v) is 9.65. The number of hydrogen-bond donors (Lipinski definition) is 2. The highest BCUT2D eigenvalue weighted by Crippen LogP contribution is 2.40. The van der Waals surface area contributed by atoms with Crippen molar-refractivity contribution in [1.29, 1.82) is 0 Å². The summed E-state index contributed by atoms with van der Waals surface area (Å²) in [6.45, 7) is 8.49. The maximum absolute atomic E-state index is 12.5. The Morgan fingerprint density at radius 1 is 1.32 bits per heavy atom. The minimum Gasteiger partial charge on any atom is -0.493 e. The van der Waals surface area contributed by atoms with Crippen LogP contribution in [0.15, 0.2) is 30.5 Å². The predicted octanol–water partition coefficient (Wildman–Crippen LogP) is 3.89. The summed E-state index contributed by atoms with van der Waals surface area (Å²) < 4.78 is 11.2. The summed E-state index contributed by atoms with van der Waals surface area (Å²) in [5.74, 6) is 2.30. The van der Waals surface area contributed by atoms with Crippen LogP contribution in [-0.2, 0) is 0 Å². The molecule has 1 aliphatic rings. The second-order valence-corrected chi connectivity index (χ2v) is 6.75. The van der Waals surface area contributed by atoms with E-state index in [0.29, 0.717) is 30.2 Å². The zero-order valence-corrected chi connectivity index (χ0v) is 16.9. The molecule has 0 spiro atoms. The van der Waals surface area contributed by atoms with Crippen LogP contribution in [0.2, 0.25) is 0 Å². The lowest BCUT2D eigenvalue weighted by Crippen LogP contribution is -2.35. The second-order valence-electron chi connectivity index (χ2n) is 6.75. The normalized spacial score (nSPS) is 15.2. The third-order valence-electron chi connectivity index (χ3n) is 4.87. The van der Waals surface area contributed by atoms with E-state index in [9.17, 15) is 4.79 Å². The fraction of sp³-hybridized carbons (Fsp3) is 0.429. The molecule has 1 aromatic heterocycles. The number of fused-ring (bicyclic) bond motifs is 1. The Kier molecular flexibility index (Phi) is 6.23. The minimum absolute atomic E-state index is 0.138. The largest absolute Gasteiger partial charge is 0.493 e. The number of aryl methyl sites for hydroxylation is 1. The van der Waals surface area contributed by atoms with Crippen LogP contribution in [0.4, 0.5) is 16.3 Å². The standard InChI is InChI=1S/C21H28N4O3/c1-5-25(6-2)19-8-7-15(13-22-19)23-21(26)24-17-9-10-28-20-16(17)11-14(3)12-18(20)27-4/h7-8,11-13,17H,5-6,9-10H2,1-4H3,(H2,23,24,26)/t17-/m1/s1. The zero-order chi connectivity index (χ0) is 20.1. The molecular formula is C21H28N4O3. The average Bonchev–Trinajstić information content (AvgIpc) is 2.70. The van der Waals surface area contributed by atoms with Crippen LogP contribution in [0.25, 0.3) is 0 Å². The molecule has 3 rings (SSSR count). The van der Waals surface area contributed by atoms with E-state index in [1.807, 2.05) is 31.2 Å². The molecule has 0 bridgehead atoms. The van der Waals surface area contributed by atoms with Crippen LogP contribution in [0.1, 0.15) is 37.4 Å². The molecule has 7 heteroatoms. The SMILES string of the molecule is CCN(CC)c1ccc(NC(=O)N[C@@H]2CCOc3c(OC)cc(C)cc32)cn1. The molecule has 7 nitrogen and oxygen atoms in total. The number of nitrogens with zero attached hydrogens (tertiary/aromatic N) is 2. The Bertz CT molecular complexity index is 819. The van der Waals surface area contributed by atoms with Crippen molar-refractivity contribution in [3.8, 4) is 11.5 Å². The first kappa shape index (κ1) is 19.8. The number of ether oxygens (including phenoxy) is 2.